The number of aromatic nitrogens is 1. The van der Waals surface area contributed by atoms with Crippen molar-refractivity contribution in [1.29, 1.82) is 0 Å². The molecule has 4 heteroatoms. The summed E-state index contributed by atoms with van der Waals surface area (Å²) in [6.45, 7) is 1.89. The summed E-state index contributed by atoms with van der Waals surface area (Å²) >= 11 is 3.29. The molecule has 70 valence electrons. The minimum Gasteiger partial charge on any atom is -0.481 e. The van der Waals surface area contributed by atoms with E-state index in [0.717, 1.165) is 15.9 Å². The van der Waals surface area contributed by atoms with Crippen molar-refractivity contribution in [3.05, 3.63) is 28.0 Å². The fourth-order valence-corrected chi connectivity index (χ4v) is 1.59. The fourth-order valence-electron chi connectivity index (χ4n) is 0.982. The van der Waals surface area contributed by atoms with Gasteiger partial charge >= 0.3 is 5.97 Å². The highest BCUT2D eigenvalue weighted by atomic mass is 79.9. The highest BCUT2D eigenvalue weighted by molar-refractivity contribution is 9.10. The minimum absolute atomic E-state index is 0.142. The maximum atomic E-state index is 10.3. The second kappa shape index (κ2) is 4.37. The Hall–Kier alpha value is -0.900. The molecule has 1 aromatic heterocycles. The third-order valence-corrected chi connectivity index (χ3v) is 2.36. The molecule has 0 unspecified atom stereocenters. The molecular formula is C9H10BrNO2. The first-order valence-corrected chi connectivity index (χ1v) is 4.72. The predicted molar refractivity (Wildman–Crippen MR) is 52.6 cm³/mol. The number of hydrogen-bond acceptors (Lipinski definition) is 2. The van der Waals surface area contributed by atoms with Crippen molar-refractivity contribution < 1.29 is 9.90 Å². The van der Waals surface area contributed by atoms with E-state index in [1.807, 2.05) is 19.1 Å². The van der Waals surface area contributed by atoms with Crippen molar-refractivity contribution in [2.24, 2.45) is 0 Å². The van der Waals surface area contributed by atoms with Gasteiger partial charge in [-0.15, -0.1) is 0 Å². The van der Waals surface area contributed by atoms with Crippen LogP contribution in [0, 0.1) is 6.92 Å². The zero-order valence-corrected chi connectivity index (χ0v) is 8.84. The summed E-state index contributed by atoms with van der Waals surface area (Å²) in [7, 11) is 0. The molecule has 0 saturated heterocycles. The average Bonchev–Trinajstić information content (AvgIpc) is 2.02. The molecule has 0 aliphatic heterocycles. The van der Waals surface area contributed by atoms with Gasteiger partial charge in [0.25, 0.3) is 0 Å². The lowest BCUT2D eigenvalue weighted by atomic mass is 10.1. The number of pyridine rings is 1. The third kappa shape index (κ3) is 3.14. The SMILES string of the molecule is Cc1ccc(CCC(=O)O)c(Br)n1. The molecule has 0 fully saturated rings. The van der Waals surface area contributed by atoms with Crippen LogP contribution in [0.25, 0.3) is 0 Å². The van der Waals surface area contributed by atoms with E-state index in [4.69, 9.17) is 5.11 Å². The Labute approximate surface area is 84.9 Å². The van der Waals surface area contributed by atoms with Crippen LogP contribution in [0.15, 0.2) is 16.7 Å². The van der Waals surface area contributed by atoms with Crippen molar-refractivity contribution in [3.63, 3.8) is 0 Å². The highest BCUT2D eigenvalue weighted by Gasteiger charge is 2.03. The molecule has 0 spiro atoms. The first-order chi connectivity index (χ1) is 6.09. The van der Waals surface area contributed by atoms with Gasteiger partial charge in [0.05, 0.1) is 0 Å². The Morgan fingerprint density at radius 1 is 1.62 bits per heavy atom. The largest absolute Gasteiger partial charge is 0.481 e. The number of nitrogens with zero attached hydrogens (tertiary/aromatic N) is 1. The first-order valence-electron chi connectivity index (χ1n) is 3.93. The van der Waals surface area contributed by atoms with Gasteiger partial charge in [-0.1, -0.05) is 6.07 Å². The van der Waals surface area contributed by atoms with Crippen LogP contribution < -0.4 is 0 Å². The molecule has 1 aromatic rings. The van der Waals surface area contributed by atoms with Gasteiger partial charge in [0.2, 0.25) is 0 Å². The Kier molecular flexibility index (Phi) is 3.42. The summed E-state index contributed by atoms with van der Waals surface area (Å²) in [6, 6.07) is 3.78. The van der Waals surface area contributed by atoms with Crippen LogP contribution in [-0.2, 0) is 11.2 Å². The third-order valence-electron chi connectivity index (χ3n) is 1.67. The number of halogens is 1. The highest BCUT2D eigenvalue weighted by Crippen LogP contribution is 2.15. The second-order valence-electron chi connectivity index (χ2n) is 2.80. The standard InChI is InChI=1S/C9H10BrNO2/c1-6-2-3-7(9(10)11-6)4-5-8(12)13/h2-3H,4-5H2,1H3,(H,12,13). The fraction of sp³-hybridized carbons (Fsp3) is 0.333. The molecule has 3 nitrogen and oxygen atoms in total. The number of aryl methyl sites for hydroxylation is 2. The molecule has 1 heterocycles. The van der Waals surface area contributed by atoms with Crippen LogP contribution in [0.2, 0.25) is 0 Å². The van der Waals surface area contributed by atoms with Crippen LogP contribution in [0.5, 0.6) is 0 Å². The molecule has 0 aliphatic carbocycles. The first kappa shape index (κ1) is 10.2. The second-order valence-corrected chi connectivity index (χ2v) is 3.55. The molecule has 0 amide bonds. The number of carboxylic acids is 1. The van der Waals surface area contributed by atoms with E-state index in [1.54, 1.807) is 0 Å². The van der Waals surface area contributed by atoms with E-state index in [0.29, 0.717) is 6.42 Å². The Morgan fingerprint density at radius 3 is 2.85 bits per heavy atom. The summed E-state index contributed by atoms with van der Waals surface area (Å²) in [4.78, 5) is 14.5. The number of carbonyl (C=O) groups is 1. The van der Waals surface area contributed by atoms with Gasteiger partial charge in [0.1, 0.15) is 4.60 Å². The summed E-state index contributed by atoms with van der Waals surface area (Å²) in [5.74, 6) is -0.785. The molecule has 0 saturated carbocycles. The minimum atomic E-state index is -0.785. The zero-order chi connectivity index (χ0) is 9.84. The van der Waals surface area contributed by atoms with Crippen LogP contribution in [0.1, 0.15) is 17.7 Å². The zero-order valence-electron chi connectivity index (χ0n) is 7.25. The Balaban J connectivity index is 2.72. The van der Waals surface area contributed by atoms with Gasteiger partial charge in [0, 0.05) is 12.1 Å². The normalized spacial score (nSPS) is 10.0. The molecule has 0 bridgehead atoms. The van der Waals surface area contributed by atoms with E-state index < -0.39 is 5.97 Å². The maximum absolute atomic E-state index is 10.3. The van der Waals surface area contributed by atoms with Gasteiger partial charge < -0.3 is 5.11 Å². The van der Waals surface area contributed by atoms with Gasteiger partial charge in [-0.25, -0.2) is 4.98 Å². The van der Waals surface area contributed by atoms with E-state index in [2.05, 4.69) is 20.9 Å². The molecule has 0 atom stereocenters. The Morgan fingerprint density at radius 2 is 2.31 bits per heavy atom. The molecule has 1 rings (SSSR count). The van der Waals surface area contributed by atoms with Gasteiger partial charge in [-0.3, -0.25) is 4.79 Å². The van der Waals surface area contributed by atoms with E-state index in [-0.39, 0.29) is 6.42 Å². The topological polar surface area (TPSA) is 50.2 Å². The molecule has 0 aliphatic rings. The molecule has 13 heavy (non-hydrogen) atoms. The lowest BCUT2D eigenvalue weighted by Gasteiger charge is -2.02. The lowest BCUT2D eigenvalue weighted by Crippen LogP contribution is -1.99. The van der Waals surface area contributed by atoms with Crippen molar-refractivity contribution in [1.82, 2.24) is 4.98 Å². The maximum Gasteiger partial charge on any atom is 0.303 e. The van der Waals surface area contributed by atoms with Gasteiger partial charge in [0.15, 0.2) is 0 Å². The number of hydrogen-bond donors (Lipinski definition) is 1. The summed E-state index contributed by atoms with van der Waals surface area (Å²) < 4.78 is 0.744. The molecule has 0 radical (unpaired) electrons. The van der Waals surface area contributed by atoms with Crippen LogP contribution >= 0.6 is 15.9 Å². The smallest absolute Gasteiger partial charge is 0.303 e. The van der Waals surface area contributed by atoms with Crippen LogP contribution in [-0.4, -0.2) is 16.1 Å². The van der Waals surface area contributed by atoms with E-state index >= 15 is 0 Å². The number of aliphatic carboxylic acids is 1. The van der Waals surface area contributed by atoms with Crippen LogP contribution in [0.3, 0.4) is 0 Å². The monoisotopic (exact) mass is 243 g/mol. The summed E-state index contributed by atoms with van der Waals surface area (Å²) in [5, 5.41) is 8.48. The lowest BCUT2D eigenvalue weighted by molar-refractivity contribution is -0.136. The molecular weight excluding hydrogens is 234 g/mol. The average molecular weight is 244 g/mol. The predicted octanol–water partition coefficient (Wildman–Crippen LogP) is 2.17. The van der Waals surface area contributed by atoms with Crippen molar-refractivity contribution in [2.75, 3.05) is 0 Å². The van der Waals surface area contributed by atoms with Crippen LogP contribution in [0.4, 0.5) is 0 Å². The molecule has 0 aromatic carbocycles. The van der Waals surface area contributed by atoms with Gasteiger partial charge in [-0.2, -0.15) is 0 Å². The van der Waals surface area contributed by atoms with Crippen molar-refractivity contribution in [2.45, 2.75) is 19.8 Å². The summed E-state index contributed by atoms with van der Waals surface area (Å²) in [5.41, 5.74) is 1.86. The quantitative estimate of drug-likeness (QED) is 0.829. The van der Waals surface area contributed by atoms with E-state index in [9.17, 15) is 4.79 Å². The Bertz CT molecular complexity index is 325. The van der Waals surface area contributed by atoms with Crippen molar-refractivity contribution in [3.8, 4) is 0 Å². The van der Waals surface area contributed by atoms with Gasteiger partial charge in [-0.05, 0) is 40.9 Å². The molecule has 1 N–H and O–H groups in total. The van der Waals surface area contributed by atoms with E-state index in [1.165, 1.54) is 0 Å². The van der Waals surface area contributed by atoms with Crippen molar-refractivity contribution >= 4 is 21.9 Å². The summed E-state index contributed by atoms with van der Waals surface area (Å²) in [6.07, 6.45) is 0.659. The number of carboxylic acid groups (broad SMARTS) is 1. The number of rotatable bonds is 3.